The Hall–Kier alpha value is -1.54. The Labute approximate surface area is 106 Å². The van der Waals surface area contributed by atoms with Crippen molar-refractivity contribution in [1.82, 2.24) is 5.32 Å². The van der Waals surface area contributed by atoms with Crippen molar-refractivity contribution in [2.45, 2.75) is 12.3 Å². The first-order valence-electron chi connectivity index (χ1n) is 5.63. The molecule has 1 N–H and O–H groups in total. The Morgan fingerprint density at radius 3 is 2.71 bits per heavy atom. The van der Waals surface area contributed by atoms with Crippen LogP contribution in [0, 0.1) is 0 Å². The van der Waals surface area contributed by atoms with Crippen molar-refractivity contribution in [1.29, 1.82) is 0 Å². The number of alkyl halides is 1. The summed E-state index contributed by atoms with van der Waals surface area (Å²) >= 11 is 6.20. The van der Waals surface area contributed by atoms with Crippen LogP contribution < -0.4 is 5.32 Å². The normalized spacial score (nSPS) is 12.4. The summed E-state index contributed by atoms with van der Waals surface area (Å²) in [6, 6.07) is 13.8. The van der Waals surface area contributed by atoms with Crippen LogP contribution in [0.25, 0.3) is 10.8 Å². The molecule has 2 aromatic carbocycles. The Balaban J connectivity index is 2.44. The zero-order chi connectivity index (χ0) is 12.3. The number of hydrogen-bond acceptors (Lipinski definition) is 1. The van der Waals surface area contributed by atoms with E-state index in [0.29, 0.717) is 6.54 Å². The predicted molar refractivity (Wildman–Crippen MR) is 71.2 cm³/mol. The molecule has 1 amide bonds. The van der Waals surface area contributed by atoms with Crippen molar-refractivity contribution in [3.63, 3.8) is 0 Å². The van der Waals surface area contributed by atoms with Gasteiger partial charge in [-0.1, -0.05) is 42.5 Å². The minimum atomic E-state index is -0.638. The highest BCUT2D eigenvalue weighted by molar-refractivity contribution is 6.31. The summed E-state index contributed by atoms with van der Waals surface area (Å²) in [5.41, 5.74) is 0.857. The monoisotopic (exact) mass is 247 g/mol. The first-order valence-corrected chi connectivity index (χ1v) is 6.07. The highest BCUT2D eigenvalue weighted by atomic mass is 35.5. The van der Waals surface area contributed by atoms with Gasteiger partial charge >= 0.3 is 0 Å². The van der Waals surface area contributed by atoms with E-state index < -0.39 is 5.38 Å². The second-order valence-corrected chi connectivity index (χ2v) is 4.26. The van der Waals surface area contributed by atoms with Gasteiger partial charge in [0.1, 0.15) is 5.38 Å². The lowest BCUT2D eigenvalue weighted by atomic mass is 10.0. The third-order valence-electron chi connectivity index (χ3n) is 2.68. The Morgan fingerprint density at radius 2 is 1.94 bits per heavy atom. The van der Waals surface area contributed by atoms with Crippen LogP contribution in [0.4, 0.5) is 0 Å². The van der Waals surface area contributed by atoms with Crippen molar-refractivity contribution in [2.75, 3.05) is 6.54 Å². The van der Waals surface area contributed by atoms with E-state index in [1.54, 1.807) is 0 Å². The van der Waals surface area contributed by atoms with Crippen LogP contribution in [0.5, 0.6) is 0 Å². The molecule has 2 aromatic rings. The van der Waals surface area contributed by atoms with Crippen molar-refractivity contribution in [2.24, 2.45) is 0 Å². The molecule has 1 unspecified atom stereocenters. The van der Waals surface area contributed by atoms with E-state index in [9.17, 15) is 4.79 Å². The third kappa shape index (κ3) is 2.42. The minimum absolute atomic E-state index is 0.148. The number of halogens is 1. The van der Waals surface area contributed by atoms with E-state index in [4.69, 9.17) is 11.6 Å². The van der Waals surface area contributed by atoms with Crippen molar-refractivity contribution >= 4 is 28.3 Å². The van der Waals surface area contributed by atoms with E-state index in [1.165, 1.54) is 0 Å². The van der Waals surface area contributed by atoms with Crippen LogP contribution in [0.1, 0.15) is 17.9 Å². The van der Waals surface area contributed by atoms with Gasteiger partial charge in [0.05, 0.1) is 0 Å². The largest absolute Gasteiger partial charge is 0.355 e. The number of rotatable bonds is 3. The average molecular weight is 248 g/mol. The molecule has 0 fully saturated rings. The standard InChI is InChI=1S/C14H14ClNO/c1-2-16-14(17)13(15)12-9-5-7-10-6-3-4-8-11(10)12/h3-9,13H,2H2,1H3,(H,16,17). The van der Waals surface area contributed by atoms with Gasteiger partial charge in [-0.3, -0.25) is 4.79 Å². The van der Waals surface area contributed by atoms with Crippen LogP contribution in [0.15, 0.2) is 42.5 Å². The molecule has 0 bridgehead atoms. The van der Waals surface area contributed by atoms with Gasteiger partial charge in [0.15, 0.2) is 0 Å². The summed E-state index contributed by atoms with van der Waals surface area (Å²) in [6.07, 6.45) is 0. The maximum atomic E-state index is 11.7. The van der Waals surface area contributed by atoms with Gasteiger partial charge < -0.3 is 5.32 Å². The molecule has 0 heterocycles. The second kappa shape index (κ2) is 5.19. The average Bonchev–Trinajstić information content (AvgIpc) is 2.37. The summed E-state index contributed by atoms with van der Waals surface area (Å²) in [4.78, 5) is 11.7. The van der Waals surface area contributed by atoms with Crippen LogP contribution >= 0.6 is 11.6 Å². The molecule has 0 spiro atoms. The predicted octanol–water partition coefficient (Wildman–Crippen LogP) is 3.26. The fraction of sp³-hybridized carbons (Fsp3) is 0.214. The number of nitrogens with one attached hydrogen (secondary N) is 1. The fourth-order valence-electron chi connectivity index (χ4n) is 1.88. The van der Waals surface area contributed by atoms with E-state index in [2.05, 4.69) is 5.32 Å². The van der Waals surface area contributed by atoms with E-state index in [-0.39, 0.29) is 5.91 Å². The third-order valence-corrected chi connectivity index (χ3v) is 3.11. The summed E-state index contributed by atoms with van der Waals surface area (Å²) in [7, 11) is 0. The summed E-state index contributed by atoms with van der Waals surface area (Å²) in [5.74, 6) is -0.148. The number of hydrogen-bond donors (Lipinski definition) is 1. The van der Waals surface area contributed by atoms with Gasteiger partial charge in [-0.2, -0.15) is 0 Å². The molecule has 17 heavy (non-hydrogen) atoms. The zero-order valence-electron chi connectivity index (χ0n) is 9.61. The molecular weight excluding hydrogens is 234 g/mol. The fourth-order valence-corrected chi connectivity index (χ4v) is 2.14. The van der Waals surface area contributed by atoms with Crippen molar-refractivity contribution in [3.05, 3.63) is 48.0 Å². The maximum absolute atomic E-state index is 11.7. The molecule has 0 radical (unpaired) electrons. The van der Waals surface area contributed by atoms with Crippen molar-refractivity contribution in [3.8, 4) is 0 Å². The molecule has 0 aliphatic carbocycles. The SMILES string of the molecule is CCNC(=O)C(Cl)c1cccc2ccccc12. The van der Waals surface area contributed by atoms with Crippen molar-refractivity contribution < 1.29 is 4.79 Å². The lowest BCUT2D eigenvalue weighted by molar-refractivity contribution is -0.120. The minimum Gasteiger partial charge on any atom is -0.355 e. The number of likely N-dealkylation sites (N-methyl/N-ethyl adjacent to an activating group) is 1. The Bertz CT molecular complexity index is 533. The quantitative estimate of drug-likeness (QED) is 0.829. The highest BCUT2D eigenvalue weighted by Gasteiger charge is 2.18. The molecule has 88 valence electrons. The number of carbonyl (C=O) groups excluding carboxylic acids is 1. The lowest BCUT2D eigenvalue weighted by Crippen LogP contribution is -2.26. The summed E-state index contributed by atoms with van der Waals surface area (Å²) in [6.45, 7) is 2.47. The second-order valence-electron chi connectivity index (χ2n) is 3.83. The molecule has 2 rings (SSSR count). The number of fused-ring (bicyclic) bond motifs is 1. The molecule has 0 saturated carbocycles. The molecular formula is C14H14ClNO. The first-order chi connectivity index (χ1) is 8.24. The van der Waals surface area contributed by atoms with Gasteiger partial charge in [-0.15, -0.1) is 11.6 Å². The first kappa shape index (κ1) is 11.9. The van der Waals surface area contributed by atoms with Gasteiger partial charge in [-0.25, -0.2) is 0 Å². The Morgan fingerprint density at radius 1 is 1.24 bits per heavy atom. The Kier molecular flexibility index (Phi) is 3.64. The van der Waals surface area contributed by atoms with Gasteiger partial charge in [0.25, 0.3) is 0 Å². The number of benzene rings is 2. The maximum Gasteiger partial charge on any atom is 0.242 e. The molecule has 0 aromatic heterocycles. The molecule has 1 atom stereocenters. The van der Waals surface area contributed by atoms with E-state index >= 15 is 0 Å². The molecule has 3 heteroatoms. The molecule has 0 aliphatic rings. The smallest absolute Gasteiger partial charge is 0.242 e. The van der Waals surface area contributed by atoms with E-state index in [1.807, 2.05) is 49.4 Å². The highest BCUT2D eigenvalue weighted by Crippen LogP contribution is 2.28. The van der Waals surface area contributed by atoms with Gasteiger partial charge in [0, 0.05) is 6.54 Å². The molecule has 2 nitrogen and oxygen atoms in total. The van der Waals surface area contributed by atoms with Crippen LogP contribution in [0.2, 0.25) is 0 Å². The topological polar surface area (TPSA) is 29.1 Å². The number of carbonyl (C=O) groups is 1. The van der Waals surface area contributed by atoms with Gasteiger partial charge in [-0.05, 0) is 23.3 Å². The summed E-state index contributed by atoms with van der Waals surface area (Å²) < 4.78 is 0. The van der Waals surface area contributed by atoms with Crippen LogP contribution in [0.3, 0.4) is 0 Å². The number of amides is 1. The van der Waals surface area contributed by atoms with Crippen LogP contribution in [-0.4, -0.2) is 12.5 Å². The van der Waals surface area contributed by atoms with E-state index in [0.717, 1.165) is 16.3 Å². The molecule has 0 saturated heterocycles. The van der Waals surface area contributed by atoms with Crippen LogP contribution in [-0.2, 0) is 4.79 Å². The zero-order valence-corrected chi connectivity index (χ0v) is 10.4. The summed E-state index contributed by atoms with van der Waals surface area (Å²) in [5, 5.41) is 4.23. The lowest BCUT2D eigenvalue weighted by Gasteiger charge is -2.12. The van der Waals surface area contributed by atoms with Gasteiger partial charge in [0.2, 0.25) is 5.91 Å². The molecule has 0 aliphatic heterocycles.